The van der Waals surface area contributed by atoms with Crippen molar-refractivity contribution in [2.24, 2.45) is 5.92 Å². The number of nitrogens with one attached hydrogen (secondary N) is 1. The zero-order chi connectivity index (χ0) is 16.2. The molecular formula is C17H26Cl2FN3O2. The van der Waals surface area contributed by atoms with Crippen LogP contribution in [0.5, 0.6) is 5.75 Å². The van der Waals surface area contributed by atoms with Crippen molar-refractivity contribution >= 4 is 30.7 Å². The van der Waals surface area contributed by atoms with Crippen LogP contribution in [0, 0.1) is 11.7 Å². The van der Waals surface area contributed by atoms with Crippen LogP contribution < -0.4 is 10.1 Å². The second-order valence-corrected chi connectivity index (χ2v) is 6.26. The summed E-state index contributed by atoms with van der Waals surface area (Å²) in [4.78, 5) is 16.6. The minimum absolute atomic E-state index is 0. The van der Waals surface area contributed by atoms with Crippen LogP contribution in [0.15, 0.2) is 18.2 Å². The van der Waals surface area contributed by atoms with Crippen molar-refractivity contribution in [3.63, 3.8) is 0 Å². The van der Waals surface area contributed by atoms with Gasteiger partial charge < -0.3 is 15.0 Å². The number of ether oxygens (including phenoxy) is 1. The van der Waals surface area contributed by atoms with Crippen molar-refractivity contribution in [3.05, 3.63) is 29.6 Å². The maximum absolute atomic E-state index is 13.7. The van der Waals surface area contributed by atoms with Gasteiger partial charge in [0.25, 0.3) is 0 Å². The van der Waals surface area contributed by atoms with Gasteiger partial charge in [0.15, 0.2) is 11.6 Å². The quantitative estimate of drug-likeness (QED) is 0.848. The van der Waals surface area contributed by atoms with Crippen molar-refractivity contribution in [2.45, 2.75) is 13.0 Å². The number of carbonyl (C=O) groups excluding carboxylic acids is 1. The lowest BCUT2D eigenvalue weighted by Crippen LogP contribution is -2.50. The summed E-state index contributed by atoms with van der Waals surface area (Å²) in [5.74, 6) is 0.379. The number of piperazine rings is 1. The molecule has 5 nitrogen and oxygen atoms in total. The van der Waals surface area contributed by atoms with Crippen molar-refractivity contribution < 1.29 is 13.9 Å². The third-order valence-electron chi connectivity index (χ3n) is 4.72. The third kappa shape index (κ3) is 5.45. The number of nitrogens with zero attached hydrogens (tertiary/aromatic N) is 2. The number of halogens is 3. The summed E-state index contributed by atoms with van der Waals surface area (Å²) in [6, 6.07) is 5.09. The minimum Gasteiger partial charge on any atom is -0.494 e. The predicted octanol–water partition coefficient (Wildman–Crippen LogP) is 1.93. The Morgan fingerprint density at radius 3 is 2.56 bits per heavy atom. The second-order valence-electron chi connectivity index (χ2n) is 6.26. The van der Waals surface area contributed by atoms with Crippen LogP contribution in [-0.4, -0.2) is 62.1 Å². The number of carbonyl (C=O) groups is 1. The van der Waals surface area contributed by atoms with Gasteiger partial charge in [-0.3, -0.25) is 9.69 Å². The van der Waals surface area contributed by atoms with Gasteiger partial charge in [0.2, 0.25) is 5.91 Å². The third-order valence-corrected chi connectivity index (χ3v) is 4.72. The van der Waals surface area contributed by atoms with E-state index >= 15 is 0 Å². The molecule has 0 aliphatic carbocycles. The Kier molecular flexibility index (Phi) is 8.93. The van der Waals surface area contributed by atoms with Crippen LogP contribution in [-0.2, 0) is 11.3 Å². The van der Waals surface area contributed by atoms with E-state index in [4.69, 9.17) is 4.74 Å². The fraction of sp³-hybridized carbons (Fsp3) is 0.588. The molecule has 2 fully saturated rings. The fourth-order valence-electron chi connectivity index (χ4n) is 3.32. The van der Waals surface area contributed by atoms with Gasteiger partial charge >= 0.3 is 0 Å². The first-order chi connectivity index (χ1) is 11.2. The topological polar surface area (TPSA) is 44.8 Å². The summed E-state index contributed by atoms with van der Waals surface area (Å²) >= 11 is 0. The molecule has 1 aromatic carbocycles. The number of benzene rings is 1. The summed E-state index contributed by atoms with van der Waals surface area (Å²) < 4.78 is 18.7. The first-order valence-corrected chi connectivity index (χ1v) is 8.21. The highest BCUT2D eigenvalue weighted by atomic mass is 35.5. The lowest BCUT2D eigenvalue weighted by Gasteiger charge is -2.36. The highest BCUT2D eigenvalue weighted by Crippen LogP contribution is 2.20. The highest BCUT2D eigenvalue weighted by Gasteiger charge is 2.29. The van der Waals surface area contributed by atoms with E-state index in [2.05, 4.69) is 10.2 Å². The van der Waals surface area contributed by atoms with E-state index < -0.39 is 0 Å². The first-order valence-electron chi connectivity index (χ1n) is 8.21. The Morgan fingerprint density at radius 1 is 1.28 bits per heavy atom. The van der Waals surface area contributed by atoms with Gasteiger partial charge in [-0.15, -0.1) is 24.8 Å². The predicted molar refractivity (Wildman–Crippen MR) is 100 cm³/mol. The largest absolute Gasteiger partial charge is 0.494 e. The van der Waals surface area contributed by atoms with E-state index in [9.17, 15) is 9.18 Å². The number of hydrogen-bond acceptors (Lipinski definition) is 4. The molecule has 1 N–H and O–H groups in total. The van der Waals surface area contributed by atoms with Crippen molar-refractivity contribution in [1.82, 2.24) is 15.1 Å². The minimum atomic E-state index is -0.326. The Bertz CT molecular complexity index is 563. The lowest BCUT2D eigenvalue weighted by molar-refractivity contribution is -0.136. The molecule has 8 heteroatoms. The SMILES string of the molecule is COc1ccc(CN2CCN(C(=O)C3CCNC3)CC2)cc1F.Cl.Cl. The van der Waals surface area contributed by atoms with Crippen LogP contribution in [0.25, 0.3) is 0 Å². The maximum atomic E-state index is 13.7. The van der Waals surface area contributed by atoms with Crippen molar-refractivity contribution in [1.29, 1.82) is 0 Å². The van der Waals surface area contributed by atoms with Crippen LogP contribution in [0.4, 0.5) is 4.39 Å². The fourth-order valence-corrected chi connectivity index (χ4v) is 3.32. The molecular weight excluding hydrogens is 368 g/mol. The van der Waals surface area contributed by atoms with Gasteiger partial charge in [-0.25, -0.2) is 4.39 Å². The Hall–Kier alpha value is -1.08. The summed E-state index contributed by atoms with van der Waals surface area (Å²) in [6.45, 7) is 5.64. The molecule has 0 radical (unpaired) electrons. The standard InChI is InChI=1S/C17H24FN3O2.2ClH/c1-23-16-3-2-13(10-15(16)18)12-20-6-8-21(9-7-20)17(22)14-4-5-19-11-14;;/h2-3,10,14,19H,4-9,11-12H2,1H3;2*1H. The van der Waals surface area contributed by atoms with Gasteiger partial charge in [0.1, 0.15) is 0 Å². The smallest absolute Gasteiger partial charge is 0.227 e. The second kappa shape index (κ2) is 10.2. The molecule has 0 bridgehead atoms. The number of amides is 1. The molecule has 1 amide bonds. The zero-order valence-corrected chi connectivity index (χ0v) is 16.0. The number of rotatable bonds is 4. The van der Waals surface area contributed by atoms with E-state index in [0.717, 1.165) is 51.3 Å². The van der Waals surface area contributed by atoms with Crippen LogP contribution >= 0.6 is 24.8 Å². The Labute approximate surface area is 160 Å². The number of methoxy groups -OCH3 is 1. The summed E-state index contributed by atoms with van der Waals surface area (Å²) in [6.07, 6.45) is 0.949. The van der Waals surface area contributed by atoms with E-state index in [1.165, 1.54) is 13.2 Å². The normalized spacial score (nSPS) is 20.6. The molecule has 1 aromatic rings. The van der Waals surface area contributed by atoms with Gasteiger partial charge in [-0.05, 0) is 30.7 Å². The Morgan fingerprint density at radius 2 is 2.00 bits per heavy atom. The van der Waals surface area contributed by atoms with E-state index in [1.54, 1.807) is 6.07 Å². The molecule has 0 spiro atoms. The highest BCUT2D eigenvalue weighted by molar-refractivity contribution is 5.85. The molecule has 2 aliphatic heterocycles. The van der Waals surface area contributed by atoms with Gasteiger partial charge in [0, 0.05) is 39.3 Å². The van der Waals surface area contributed by atoms with Crippen molar-refractivity contribution in [2.75, 3.05) is 46.4 Å². The van der Waals surface area contributed by atoms with Crippen LogP contribution in [0.3, 0.4) is 0 Å². The zero-order valence-electron chi connectivity index (χ0n) is 14.4. The molecule has 1 unspecified atom stereocenters. The molecule has 25 heavy (non-hydrogen) atoms. The molecule has 0 saturated carbocycles. The Balaban J connectivity index is 0.00000156. The molecule has 1 atom stereocenters. The average molecular weight is 394 g/mol. The molecule has 2 heterocycles. The summed E-state index contributed by atoms with van der Waals surface area (Å²) in [7, 11) is 1.47. The maximum Gasteiger partial charge on any atom is 0.227 e. The molecule has 0 aromatic heterocycles. The van der Waals surface area contributed by atoms with E-state index in [-0.39, 0.29) is 48.2 Å². The average Bonchev–Trinajstić information content (AvgIpc) is 3.09. The van der Waals surface area contributed by atoms with Crippen molar-refractivity contribution in [3.8, 4) is 5.75 Å². The first kappa shape index (κ1) is 22.0. The van der Waals surface area contributed by atoms with Gasteiger partial charge in [0.05, 0.1) is 13.0 Å². The van der Waals surface area contributed by atoms with Gasteiger partial charge in [-0.1, -0.05) is 6.07 Å². The van der Waals surface area contributed by atoms with Crippen LogP contribution in [0.1, 0.15) is 12.0 Å². The van der Waals surface area contributed by atoms with Gasteiger partial charge in [-0.2, -0.15) is 0 Å². The summed E-state index contributed by atoms with van der Waals surface area (Å²) in [5.41, 5.74) is 0.933. The number of hydrogen-bond donors (Lipinski definition) is 1. The van der Waals surface area contributed by atoms with Crippen LogP contribution in [0.2, 0.25) is 0 Å². The summed E-state index contributed by atoms with van der Waals surface area (Å²) in [5, 5.41) is 3.24. The molecule has 3 rings (SSSR count). The van der Waals surface area contributed by atoms with E-state index in [1.807, 2.05) is 11.0 Å². The lowest BCUT2D eigenvalue weighted by atomic mass is 10.1. The van der Waals surface area contributed by atoms with E-state index in [0.29, 0.717) is 6.54 Å². The monoisotopic (exact) mass is 393 g/mol. The molecule has 142 valence electrons. The molecule has 2 aliphatic rings. The molecule has 2 saturated heterocycles.